The van der Waals surface area contributed by atoms with E-state index in [1.807, 2.05) is 12.1 Å². The molecule has 2 heterocycles. The normalized spacial score (nSPS) is 12.1. The van der Waals surface area contributed by atoms with Crippen LogP contribution in [-0.4, -0.2) is 21.2 Å². The second kappa shape index (κ2) is 6.79. The van der Waals surface area contributed by atoms with Gasteiger partial charge in [-0.25, -0.2) is 4.63 Å². The lowest BCUT2D eigenvalue weighted by Gasteiger charge is -2.18. The summed E-state index contributed by atoms with van der Waals surface area (Å²) >= 11 is 0. The van der Waals surface area contributed by atoms with Gasteiger partial charge in [-0.2, -0.15) is 0 Å². The van der Waals surface area contributed by atoms with Crippen molar-refractivity contribution in [3.63, 3.8) is 0 Å². The van der Waals surface area contributed by atoms with Gasteiger partial charge in [-0.05, 0) is 30.1 Å². The summed E-state index contributed by atoms with van der Waals surface area (Å²) in [6, 6.07) is 3.75. The van der Waals surface area contributed by atoms with Crippen LogP contribution in [0.1, 0.15) is 54.0 Å². The number of hydrogen-bond acceptors (Lipinski definition) is 5. The number of nitrogens with one attached hydrogen (secondary N) is 1. The highest BCUT2D eigenvalue weighted by molar-refractivity contribution is 5.93. The van der Waals surface area contributed by atoms with Gasteiger partial charge in [-0.1, -0.05) is 31.0 Å². The van der Waals surface area contributed by atoms with Gasteiger partial charge in [-0.3, -0.25) is 9.78 Å². The zero-order chi connectivity index (χ0) is 14.4. The van der Waals surface area contributed by atoms with E-state index in [2.05, 4.69) is 32.2 Å². The highest BCUT2D eigenvalue weighted by Gasteiger charge is 2.20. The molecule has 0 aliphatic heterocycles. The summed E-state index contributed by atoms with van der Waals surface area (Å²) in [5.41, 5.74) is 1.71. The smallest absolute Gasteiger partial charge is 0.275 e. The molecule has 0 aliphatic rings. The zero-order valence-corrected chi connectivity index (χ0v) is 11.7. The van der Waals surface area contributed by atoms with Gasteiger partial charge >= 0.3 is 0 Å². The van der Waals surface area contributed by atoms with E-state index in [-0.39, 0.29) is 17.6 Å². The summed E-state index contributed by atoms with van der Waals surface area (Å²) in [6.45, 7) is 3.81. The molecule has 2 aromatic rings. The van der Waals surface area contributed by atoms with Crippen molar-refractivity contribution in [2.24, 2.45) is 0 Å². The maximum absolute atomic E-state index is 12.2. The van der Waals surface area contributed by atoms with Crippen molar-refractivity contribution in [2.45, 2.75) is 39.2 Å². The van der Waals surface area contributed by atoms with Crippen LogP contribution in [0.15, 0.2) is 29.2 Å². The first-order chi connectivity index (χ1) is 9.72. The maximum Gasteiger partial charge on any atom is 0.275 e. The third-order valence-corrected chi connectivity index (χ3v) is 3.11. The number of hydrogen-bond donors (Lipinski definition) is 1. The Labute approximate surface area is 117 Å². The van der Waals surface area contributed by atoms with Crippen LogP contribution in [0.4, 0.5) is 0 Å². The van der Waals surface area contributed by atoms with Gasteiger partial charge in [0, 0.05) is 12.4 Å². The summed E-state index contributed by atoms with van der Waals surface area (Å²) < 4.78 is 4.56. The second-order valence-electron chi connectivity index (χ2n) is 4.65. The summed E-state index contributed by atoms with van der Waals surface area (Å²) in [5, 5.41) is 10.2. The van der Waals surface area contributed by atoms with Crippen LogP contribution in [0.3, 0.4) is 0 Å². The van der Waals surface area contributed by atoms with Crippen LogP contribution in [0.25, 0.3) is 0 Å². The third kappa shape index (κ3) is 3.40. The van der Waals surface area contributed by atoms with Crippen LogP contribution < -0.4 is 5.32 Å². The molecule has 106 valence electrons. The molecule has 0 radical (unpaired) electrons. The Bertz CT molecular complexity index is 553. The maximum atomic E-state index is 12.2. The molecule has 0 aliphatic carbocycles. The Balaban J connectivity index is 2.12. The lowest BCUT2D eigenvalue weighted by Crippen LogP contribution is -2.29. The second-order valence-corrected chi connectivity index (χ2v) is 4.65. The van der Waals surface area contributed by atoms with Gasteiger partial charge in [0.2, 0.25) is 0 Å². The molecule has 0 unspecified atom stereocenters. The van der Waals surface area contributed by atoms with Gasteiger partial charge < -0.3 is 5.32 Å². The van der Waals surface area contributed by atoms with E-state index >= 15 is 0 Å². The number of unbranched alkanes of at least 4 members (excludes halogenated alkanes) is 1. The van der Waals surface area contributed by atoms with Crippen LogP contribution in [-0.2, 0) is 0 Å². The monoisotopic (exact) mass is 274 g/mol. The summed E-state index contributed by atoms with van der Waals surface area (Å²) in [7, 11) is 0. The fraction of sp³-hybridized carbons (Fsp3) is 0.429. The van der Waals surface area contributed by atoms with Gasteiger partial charge in [-0.15, -0.1) is 0 Å². The molecule has 1 amide bonds. The van der Waals surface area contributed by atoms with E-state index in [0.29, 0.717) is 5.69 Å². The van der Waals surface area contributed by atoms with Crippen LogP contribution in [0, 0.1) is 6.92 Å². The molecule has 6 nitrogen and oxygen atoms in total. The molecule has 20 heavy (non-hydrogen) atoms. The highest BCUT2D eigenvalue weighted by atomic mass is 16.6. The quantitative estimate of drug-likeness (QED) is 0.875. The number of carbonyl (C=O) groups excluding carboxylic acids is 1. The standard InChI is InChI=1S/C14H18N4O2/c1-3-4-7-12(11-6-5-8-15-9-11)16-14(19)13-10(2)17-20-18-13/h5-6,8-9,12H,3-4,7H2,1-2H3,(H,16,19)/t12-/m0/s1. The minimum Gasteiger partial charge on any atom is -0.344 e. The number of nitrogens with zero attached hydrogens (tertiary/aromatic N) is 3. The van der Waals surface area contributed by atoms with Crippen molar-refractivity contribution in [3.8, 4) is 0 Å². The van der Waals surface area contributed by atoms with E-state index in [1.54, 1.807) is 19.3 Å². The SMILES string of the molecule is CCCC[C@H](NC(=O)c1nonc1C)c1cccnc1. The highest BCUT2D eigenvalue weighted by Crippen LogP contribution is 2.19. The Hall–Kier alpha value is -2.24. The predicted octanol–water partition coefficient (Wildman–Crippen LogP) is 2.43. The molecule has 0 aromatic carbocycles. The predicted molar refractivity (Wildman–Crippen MR) is 73.0 cm³/mol. The van der Waals surface area contributed by atoms with Crippen LogP contribution in [0.2, 0.25) is 0 Å². The molecule has 1 atom stereocenters. The lowest BCUT2D eigenvalue weighted by atomic mass is 10.0. The van der Waals surface area contributed by atoms with Crippen molar-refractivity contribution in [3.05, 3.63) is 41.5 Å². The number of aromatic nitrogens is 3. The number of amides is 1. The molecular formula is C14H18N4O2. The van der Waals surface area contributed by atoms with Gasteiger partial charge in [0.25, 0.3) is 5.91 Å². The average Bonchev–Trinajstić information content (AvgIpc) is 2.90. The number of pyridine rings is 1. The van der Waals surface area contributed by atoms with Crippen molar-refractivity contribution in [1.82, 2.24) is 20.6 Å². The minimum atomic E-state index is -0.270. The van der Waals surface area contributed by atoms with Crippen LogP contribution in [0.5, 0.6) is 0 Å². The van der Waals surface area contributed by atoms with E-state index in [9.17, 15) is 4.79 Å². The number of aryl methyl sites for hydroxylation is 1. The Kier molecular flexibility index (Phi) is 4.81. The number of carbonyl (C=O) groups is 1. The van der Waals surface area contributed by atoms with Crippen molar-refractivity contribution in [2.75, 3.05) is 0 Å². The Morgan fingerprint density at radius 1 is 1.45 bits per heavy atom. The Morgan fingerprint density at radius 2 is 2.30 bits per heavy atom. The Morgan fingerprint density at radius 3 is 2.90 bits per heavy atom. The summed E-state index contributed by atoms with van der Waals surface area (Å²) in [5.74, 6) is -0.270. The molecule has 6 heteroatoms. The molecule has 0 fully saturated rings. The first kappa shape index (κ1) is 14.2. The fourth-order valence-electron chi connectivity index (χ4n) is 1.98. The average molecular weight is 274 g/mol. The van der Waals surface area contributed by atoms with Crippen molar-refractivity contribution in [1.29, 1.82) is 0 Å². The first-order valence-electron chi connectivity index (χ1n) is 6.72. The summed E-state index contributed by atoms with van der Waals surface area (Å²) in [6.07, 6.45) is 6.44. The van der Waals surface area contributed by atoms with Crippen molar-refractivity contribution < 1.29 is 9.42 Å². The molecule has 0 saturated carbocycles. The van der Waals surface area contributed by atoms with E-state index < -0.39 is 0 Å². The largest absolute Gasteiger partial charge is 0.344 e. The molecule has 1 N–H and O–H groups in total. The molecule has 0 saturated heterocycles. The molecule has 2 rings (SSSR count). The zero-order valence-electron chi connectivity index (χ0n) is 11.7. The lowest BCUT2D eigenvalue weighted by molar-refractivity contribution is 0.0923. The number of rotatable bonds is 6. The fourth-order valence-corrected chi connectivity index (χ4v) is 1.98. The van der Waals surface area contributed by atoms with Crippen LogP contribution >= 0.6 is 0 Å². The summed E-state index contributed by atoms with van der Waals surface area (Å²) in [4.78, 5) is 16.3. The topological polar surface area (TPSA) is 80.9 Å². The van der Waals surface area contributed by atoms with E-state index in [1.165, 1.54) is 0 Å². The third-order valence-electron chi connectivity index (χ3n) is 3.11. The van der Waals surface area contributed by atoms with Gasteiger partial charge in [0.1, 0.15) is 5.69 Å². The molecule has 0 bridgehead atoms. The van der Waals surface area contributed by atoms with Gasteiger partial charge in [0.05, 0.1) is 6.04 Å². The van der Waals surface area contributed by atoms with E-state index in [0.717, 1.165) is 24.8 Å². The van der Waals surface area contributed by atoms with Crippen molar-refractivity contribution >= 4 is 5.91 Å². The van der Waals surface area contributed by atoms with E-state index in [4.69, 9.17) is 0 Å². The van der Waals surface area contributed by atoms with Gasteiger partial charge in [0.15, 0.2) is 5.69 Å². The molecule has 0 spiro atoms. The molecular weight excluding hydrogens is 256 g/mol. The first-order valence-corrected chi connectivity index (χ1v) is 6.72. The minimum absolute atomic E-state index is 0.0766. The molecule has 2 aromatic heterocycles.